The Bertz CT molecular complexity index is 108. The predicted octanol–water partition coefficient (Wildman–Crippen LogP) is 2.86. The molecule has 0 aliphatic carbocycles. The van der Waals surface area contributed by atoms with Gasteiger partial charge in [-0.2, -0.15) is 0 Å². The first-order valence-corrected chi connectivity index (χ1v) is 6.52. The second-order valence-corrected chi connectivity index (χ2v) is 8.65. The largest absolute Gasteiger partial charge is 0.0963 e. The van der Waals surface area contributed by atoms with Crippen molar-refractivity contribution in [2.24, 2.45) is 0 Å². The molecule has 0 spiro atoms. The van der Waals surface area contributed by atoms with E-state index in [-0.39, 0.29) is 0 Å². The minimum absolute atomic E-state index is 0.662. The summed E-state index contributed by atoms with van der Waals surface area (Å²) in [6.45, 7) is 15.4. The Morgan fingerprint density at radius 2 is 1.67 bits per heavy atom. The van der Waals surface area contributed by atoms with E-state index in [1.165, 1.54) is 5.57 Å². The molecule has 0 N–H and O–H groups in total. The third-order valence-electron chi connectivity index (χ3n) is 1.88. The van der Waals surface area contributed by atoms with E-state index >= 15 is 0 Å². The van der Waals surface area contributed by atoms with Gasteiger partial charge in [-0.05, 0) is 19.4 Å². The summed E-state index contributed by atoms with van der Waals surface area (Å²) < 4.78 is 0. The van der Waals surface area contributed by atoms with Crippen LogP contribution in [0, 0.1) is 0 Å². The molecule has 0 radical (unpaired) electrons. The Morgan fingerprint density at radius 1 is 1.33 bits per heavy atom. The van der Waals surface area contributed by atoms with E-state index in [0.717, 1.165) is 5.66 Å². The molecule has 0 aliphatic rings. The number of rotatable bonds is 2. The van der Waals surface area contributed by atoms with Gasteiger partial charge in [0, 0.05) is 27.3 Å². The molecule has 0 fully saturated rings. The molecule has 0 aromatic rings. The normalized spacial score (nSPS) is 15.2. The number of allylic oxidation sites excluding steroid dienone is 1. The van der Waals surface area contributed by atoms with E-state index in [1.54, 1.807) is 0 Å². The van der Waals surface area contributed by atoms with Crippen LogP contribution in [0.4, 0.5) is 0 Å². The van der Waals surface area contributed by atoms with Crippen LogP contribution in [0.3, 0.4) is 0 Å². The van der Waals surface area contributed by atoms with E-state index in [0.29, 0.717) is 0 Å². The van der Waals surface area contributed by atoms with Crippen molar-refractivity contribution in [3.63, 3.8) is 0 Å². The lowest BCUT2D eigenvalue weighted by Crippen LogP contribution is -2.06. The molecule has 9 heavy (non-hydrogen) atoms. The van der Waals surface area contributed by atoms with Crippen LogP contribution >= 0.6 is 7.26 Å². The lowest BCUT2D eigenvalue weighted by molar-refractivity contribution is 1.10. The summed E-state index contributed by atoms with van der Waals surface area (Å²) in [5.41, 5.74) is 2.06. The molecule has 0 bridgehead atoms. The first kappa shape index (κ1) is 9.17. The fourth-order valence-corrected chi connectivity index (χ4v) is 1.98. The Labute approximate surface area is 59.7 Å². The highest BCUT2D eigenvalue weighted by Crippen LogP contribution is 2.53. The van der Waals surface area contributed by atoms with Crippen molar-refractivity contribution in [1.29, 1.82) is 0 Å². The first-order chi connectivity index (χ1) is 3.85. The monoisotopic (exact) mass is 145 g/mol. The molecular weight excluding hydrogens is 127 g/mol. The standard InChI is InChI=1S/C8H18P/c1-7(2)8(3)9(4,5)6/h8H,1H2,2-6H3/q+1. The molecule has 0 amide bonds. The van der Waals surface area contributed by atoms with Crippen LogP contribution in [0.1, 0.15) is 13.8 Å². The maximum absolute atomic E-state index is 3.95. The zero-order valence-corrected chi connectivity index (χ0v) is 8.13. The van der Waals surface area contributed by atoms with Crippen molar-refractivity contribution in [1.82, 2.24) is 0 Å². The lowest BCUT2D eigenvalue weighted by Gasteiger charge is -2.20. The van der Waals surface area contributed by atoms with Crippen LogP contribution in [0.5, 0.6) is 0 Å². The molecule has 1 atom stereocenters. The average molecular weight is 145 g/mol. The van der Waals surface area contributed by atoms with Gasteiger partial charge in [-0.25, -0.2) is 0 Å². The fraction of sp³-hybridized carbons (Fsp3) is 0.750. The topological polar surface area (TPSA) is 0 Å². The summed E-state index contributed by atoms with van der Waals surface area (Å²) >= 11 is 0. The van der Waals surface area contributed by atoms with Crippen molar-refractivity contribution in [3.8, 4) is 0 Å². The van der Waals surface area contributed by atoms with Gasteiger partial charge < -0.3 is 0 Å². The summed E-state index contributed by atoms with van der Waals surface area (Å²) in [6.07, 6.45) is 0. The Balaban J connectivity index is 4.04. The van der Waals surface area contributed by atoms with Gasteiger partial charge in [0.05, 0.1) is 5.66 Å². The molecule has 54 valence electrons. The van der Waals surface area contributed by atoms with E-state index in [9.17, 15) is 0 Å². The van der Waals surface area contributed by atoms with Gasteiger partial charge in [0.1, 0.15) is 0 Å². The zero-order valence-electron chi connectivity index (χ0n) is 7.23. The van der Waals surface area contributed by atoms with Gasteiger partial charge in [-0.3, -0.25) is 0 Å². The van der Waals surface area contributed by atoms with Crippen molar-refractivity contribution in [2.75, 3.05) is 20.0 Å². The van der Waals surface area contributed by atoms with E-state index < -0.39 is 7.26 Å². The van der Waals surface area contributed by atoms with Gasteiger partial charge in [0.15, 0.2) is 0 Å². The smallest absolute Gasteiger partial charge is 0.0863 e. The SMILES string of the molecule is C=C(C)C(C)[P+](C)(C)C. The van der Waals surface area contributed by atoms with Crippen molar-refractivity contribution in [3.05, 3.63) is 12.2 Å². The lowest BCUT2D eigenvalue weighted by atomic mass is 10.3. The minimum Gasteiger partial charge on any atom is -0.0963 e. The highest BCUT2D eigenvalue weighted by Gasteiger charge is 2.26. The first-order valence-electron chi connectivity index (χ1n) is 3.32. The van der Waals surface area contributed by atoms with Crippen molar-refractivity contribution < 1.29 is 0 Å². The molecule has 0 rings (SSSR count). The maximum Gasteiger partial charge on any atom is 0.0863 e. The van der Waals surface area contributed by atoms with Crippen LogP contribution in [-0.2, 0) is 0 Å². The molecular formula is C8H18P+. The van der Waals surface area contributed by atoms with Gasteiger partial charge >= 0.3 is 0 Å². The second-order valence-electron chi connectivity index (χ2n) is 3.64. The van der Waals surface area contributed by atoms with Crippen LogP contribution in [-0.4, -0.2) is 25.7 Å². The van der Waals surface area contributed by atoms with Crippen molar-refractivity contribution >= 4 is 7.26 Å². The molecule has 0 nitrogen and oxygen atoms in total. The van der Waals surface area contributed by atoms with Crippen LogP contribution in [0.15, 0.2) is 12.2 Å². The molecule has 1 heteroatoms. The predicted molar refractivity (Wildman–Crippen MR) is 49.0 cm³/mol. The minimum atomic E-state index is -0.662. The summed E-state index contributed by atoms with van der Waals surface area (Å²) in [5.74, 6) is 0. The van der Waals surface area contributed by atoms with Gasteiger partial charge in [0.25, 0.3) is 0 Å². The molecule has 1 unspecified atom stereocenters. The molecule has 0 saturated heterocycles. The quantitative estimate of drug-likeness (QED) is 0.414. The summed E-state index contributed by atoms with van der Waals surface area (Å²) in [5, 5.41) is 0. The Kier molecular flexibility index (Phi) is 2.89. The van der Waals surface area contributed by atoms with Gasteiger partial charge in [0.2, 0.25) is 0 Å². The van der Waals surface area contributed by atoms with Crippen molar-refractivity contribution in [2.45, 2.75) is 19.5 Å². The summed E-state index contributed by atoms with van der Waals surface area (Å²) in [4.78, 5) is 0. The van der Waals surface area contributed by atoms with Crippen LogP contribution < -0.4 is 0 Å². The number of hydrogen-bond acceptors (Lipinski definition) is 0. The maximum atomic E-state index is 3.95. The Morgan fingerprint density at radius 3 is 1.67 bits per heavy atom. The highest BCUT2D eigenvalue weighted by molar-refractivity contribution is 7.74. The summed E-state index contributed by atoms with van der Waals surface area (Å²) in [6, 6.07) is 0. The molecule has 0 heterocycles. The molecule has 0 aromatic heterocycles. The van der Waals surface area contributed by atoms with Gasteiger partial charge in [-0.1, -0.05) is 6.58 Å². The second kappa shape index (κ2) is 2.84. The highest BCUT2D eigenvalue weighted by atomic mass is 31.2. The number of hydrogen-bond donors (Lipinski definition) is 0. The summed E-state index contributed by atoms with van der Waals surface area (Å²) in [7, 11) is -0.662. The Hall–Kier alpha value is 0.170. The van der Waals surface area contributed by atoms with E-state index in [2.05, 4.69) is 40.4 Å². The zero-order chi connectivity index (χ0) is 7.65. The third kappa shape index (κ3) is 3.01. The van der Waals surface area contributed by atoms with Crippen LogP contribution in [0.25, 0.3) is 0 Å². The van der Waals surface area contributed by atoms with Gasteiger partial charge in [-0.15, -0.1) is 0 Å². The van der Waals surface area contributed by atoms with E-state index in [4.69, 9.17) is 0 Å². The molecule has 0 aliphatic heterocycles. The average Bonchev–Trinajstić information content (AvgIpc) is 1.62. The van der Waals surface area contributed by atoms with E-state index in [1.807, 2.05) is 0 Å². The fourth-order valence-electron chi connectivity index (χ4n) is 0.661. The molecule has 0 aromatic carbocycles. The third-order valence-corrected chi connectivity index (χ3v) is 4.64. The van der Waals surface area contributed by atoms with Crippen LogP contribution in [0.2, 0.25) is 0 Å². The molecule has 0 saturated carbocycles.